The maximum atomic E-state index is 5.95. The predicted molar refractivity (Wildman–Crippen MR) is 76.2 cm³/mol. The molecule has 1 atom stereocenters. The molecule has 4 heteroatoms. The Labute approximate surface area is 116 Å². The fourth-order valence-electron chi connectivity index (χ4n) is 2.48. The van der Waals surface area contributed by atoms with Crippen molar-refractivity contribution in [1.82, 2.24) is 9.97 Å². The van der Waals surface area contributed by atoms with Crippen LogP contribution in [0.15, 0.2) is 48.5 Å². The minimum Gasteiger partial charge on any atom is -0.486 e. The minimum absolute atomic E-state index is 0.00883. The summed E-state index contributed by atoms with van der Waals surface area (Å²) in [6, 6.07) is 15.8. The molecule has 0 amide bonds. The van der Waals surface area contributed by atoms with Gasteiger partial charge < -0.3 is 14.5 Å². The van der Waals surface area contributed by atoms with Crippen molar-refractivity contribution < 1.29 is 9.47 Å². The van der Waals surface area contributed by atoms with Gasteiger partial charge in [-0.2, -0.15) is 0 Å². The number of para-hydroxylation sites is 4. The highest BCUT2D eigenvalue weighted by Gasteiger charge is 2.22. The van der Waals surface area contributed by atoms with Crippen molar-refractivity contribution in [2.75, 3.05) is 6.61 Å². The molecule has 20 heavy (non-hydrogen) atoms. The highest BCUT2D eigenvalue weighted by Crippen LogP contribution is 2.31. The van der Waals surface area contributed by atoms with E-state index in [9.17, 15) is 0 Å². The maximum Gasteiger partial charge on any atom is 0.161 e. The van der Waals surface area contributed by atoms with Crippen molar-refractivity contribution in [3.8, 4) is 11.5 Å². The van der Waals surface area contributed by atoms with Crippen LogP contribution >= 0.6 is 0 Å². The summed E-state index contributed by atoms with van der Waals surface area (Å²) in [5, 5.41) is 0. The van der Waals surface area contributed by atoms with Crippen molar-refractivity contribution in [3.63, 3.8) is 0 Å². The number of aromatic nitrogens is 2. The van der Waals surface area contributed by atoms with Crippen molar-refractivity contribution in [3.05, 3.63) is 54.4 Å². The van der Waals surface area contributed by atoms with Gasteiger partial charge in [0.1, 0.15) is 18.5 Å². The molecule has 0 aliphatic carbocycles. The lowest BCUT2D eigenvalue weighted by Crippen LogP contribution is -2.31. The van der Waals surface area contributed by atoms with E-state index in [0.29, 0.717) is 13.0 Å². The molecule has 1 aliphatic rings. The first kappa shape index (κ1) is 11.3. The second-order valence-corrected chi connectivity index (χ2v) is 4.90. The molecule has 4 rings (SSSR count). The molecule has 0 spiro atoms. The van der Waals surface area contributed by atoms with Crippen LogP contribution in [0.3, 0.4) is 0 Å². The lowest BCUT2D eigenvalue weighted by Gasteiger charge is -2.25. The van der Waals surface area contributed by atoms with Gasteiger partial charge >= 0.3 is 0 Å². The zero-order valence-electron chi connectivity index (χ0n) is 10.9. The van der Waals surface area contributed by atoms with Crippen LogP contribution in [0.4, 0.5) is 0 Å². The lowest BCUT2D eigenvalue weighted by molar-refractivity contribution is 0.0900. The van der Waals surface area contributed by atoms with E-state index in [1.165, 1.54) is 0 Å². The normalized spacial score (nSPS) is 17.3. The summed E-state index contributed by atoms with van der Waals surface area (Å²) in [6.07, 6.45) is 0.702. The largest absolute Gasteiger partial charge is 0.486 e. The number of aromatic amines is 1. The van der Waals surface area contributed by atoms with Gasteiger partial charge in [0.05, 0.1) is 11.0 Å². The zero-order valence-corrected chi connectivity index (χ0v) is 10.9. The van der Waals surface area contributed by atoms with Crippen LogP contribution in [0.2, 0.25) is 0 Å². The van der Waals surface area contributed by atoms with Crippen LogP contribution in [0, 0.1) is 0 Å². The second-order valence-electron chi connectivity index (χ2n) is 4.90. The number of benzene rings is 2. The van der Waals surface area contributed by atoms with Gasteiger partial charge in [0.2, 0.25) is 0 Å². The summed E-state index contributed by atoms with van der Waals surface area (Å²) in [5.41, 5.74) is 2.04. The first-order chi connectivity index (χ1) is 9.88. The Balaban J connectivity index is 1.55. The summed E-state index contributed by atoms with van der Waals surface area (Å²) in [4.78, 5) is 7.89. The lowest BCUT2D eigenvalue weighted by atomic mass is 10.2. The van der Waals surface area contributed by atoms with E-state index in [1.54, 1.807) is 0 Å². The van der Waals surface area contributed by atoms with Gasteiger partial charge in [0, 0.05) is 6.42 Å². The van der Waals surface area contributed by atoms with E-state index in [2.05, 4.69) is 9.97 Å². The standard InChI is InChI=1S/C16H14N2O2/c1-2-6-13-12(5-1)17-16(18-13)9-11-10-19-14-7-3-4-8-15(14)20-11/h1-8,11H,9-10H2,(H,17,18). The van der Waals surface area contributed by atoms with Crippen LogP contribution in [0.1, 0.15) is 5.82 Å². The van der Waals surface area contributed by atoms with E-state index in [-0.39, 0.29) is 6.10 Å². The quantitative estimate of drug-likeness (QED) is 0.775. The number of H-pyrrole nitrogens is 1. The molecule has 100 valence electrons. The van der Waals surface area contributed by atoms with Gasteiger partial charge in [-0.15, -0.1) is 0 Å². The predicted octanol–water partition coefficient (Wildman–Crippen LogP) is 2.95. The molecular formula is C16H14N2O2. The van der Waals surface area contributed by atoms with Crippen molar-refractivity contribution in [2.45, 2.75) is 12.5 Å². The number of rotatable bonds is 2. The third-order valence-corrected chi connectivity index (χ3v) is 3.43. The number of hydrogen-bond acceptors (Lipinski definition) is 3. The average Bonchev–Trinajstić information content (AvgIpc) is 2.89. The summed E-state index contributed by atoms with van der Waals surface area (Å²) >= 11 is 0. The molecule has 4 nitrogen and oxygen atoms in total. The van der Waals surface area contributed by atoms with Gasteiger partial charge in [-0.05, 0) is 24.3 Å². The number of fused-ring (bicyclic) bond motifs is 2. The van der Waals surface area contributed by atoms with Gasteiger partial charge in [0.25, 0.3) is 0 Å². The Morgan fingerprint density at radius 2 is 1.85 bits per heavy atom. The topological polar surface area (TPSA) is 47.1 Å². The molecule has 0 fully saturated rings. The monoisotopic (exact) mass is 266 g/mol. The molecule has 1 aliphatic heterocycles. The second kappa shape index (κ2) is 4.56. The summed E-state index contributed by atoms with van der Waals surface area (Å²) in [7, 11) is 0. The number of imidazole rings is 1. The molecule has 0 saturated heterocycles. The van der Waals surface area contributed by atoms with E-state index in [1.807, 2.05) is 48.5 Å². The Morgan fingerprint density at radius 3 is 2.75 bits per heavy atom. The third kappa shape index (κ3) is 1.99. The van der Waals surface area contributed by atoms with E-state index >= 15 is 0 Å². The van der Waals surface area contributed by atoms with Gasteiger partial charge in [-0.25, -0.2) is 4.98 Å². The molecule has 2 heterocycles. The van der Waals surface area contributed by atoms with Crippen molar-refractivity contribution >= 4 is 11.0 Å². The molecule has 0 radical (unpaired) electrons. The first-order valence-electron chi connectivity index (χ1n) is 6.70. The van der Waals surface area contributed by atoms with Crippen LogP contribution in [0.25, 0.3) is 11.0 Å². The van der Waals surface area contributed by atoms with E-state index in [4.69, 9.17) is 9.47 Å². The van der Waals surface area contributed by atoms with Crippen molar-refractivity contribution in [2.24, 2.45) is 0 Å². The molecule has 2 aromatic carbocycles. The third-order valence-electron chi connectivity index (χ3n) is 3.43. The van der Waals surface area contributed by atoms with E-state index < -0.39 is 0 Å². The number of ether oxygens (including phenoxy) is 2. The fourth-order valence-corrected chi connectivity index (χ4v) is 2.48. The summed E-state index contributed by atoms with van der Waals surface area (Å²) in [6.45, 7) is 0.550. The van der Waals surface area contributed by atoms with Crippen LogP contribution in [-0.2, 0) is 6.42 Å². The molecular weight excluding hydrogens is 252 g/mol. The smallest absolute Gasteiger partial charge is 0.161 e. The fraction of sp³-hybridized carbons (Fsp3) is 0.188. The number of hydrogen-bond donors (Lipinski definition) is 1. The Kier molecular flexibility index (Phi) is 2.59. The molecule has 0 saturated carbocycles. The first-order valence-corrected chi connectivity index (χ1v) is 6.70. The summed E-state index contributed by atoms with van der Waals surface area (Å²) < 4.78 is 11.7. The Bertz CT molecular complexity index is 718. The van der Waals surface area contributed by atoms with Crippen LogP contribution in [0.5, 0.6) is 11.5 Å². The molecule has 1 N–H and O–H groups in total. The summed E-state index contributed by atoms with van der Waals surface area (Å²) in [5.74, 6) is 2.55. The maximum absolute atomic E-state index is 5.95. The van der Waals surface area contributed by atoms with Crippen LogP contribution < -0.4 is 9.47 Å². The number of nitrogens with one attached hydrogen (secondary N) is 1. The van der Waals surface area contributed by atoms with E-state index in [0.717, 1.165) is 28.4 Å². The molecule has 3 aromatic rings. The van der Waals surface area contributed by atoms with Gasteiger partial charge in [-0.1, -0.05) is 24.3 Å². The highest BCUT2D eigenvalue weighted by molar-refractivity contribution is 5.74. The SMILES string of the molecule is c1ccc2c(c1)OCC(Cc1nc3ccccc3[nH]1)O2. The molecule has 1 aromatic heterocycles. The average molecular weight is 266 g/mol. The Morgan fingerprint density at radius 1 is 1.05 bits per heavy atom. The van der Waals surface area contributed by atoms with Gasteiger partial charge in [0.15, 0.2) is 11.5 Å². The number of nitrogens with zero attached hydrogens (tertiary/aromatic N) is 1. The molecule has 1 unspecified atom stereocenters. The van der Waals surface area contributed by atoms with Crippen LogP contribution in [-0.4, -0.2) is 22.7 Å². The van der Waals surface area contributed by atoms with Gasteiger partial charge in [-0.3, -0.25) is 0 Å². The highest BCUT2D eigenvalue weighted by atomic mass is 16.6. The molecule has 0 bridgehead atoms. The zero-order chi connectivity index (χ0) is 13.4. The Hall–Kier alpha value is -2.49. The van der Waals surface area contributed by atoms with Crippen molar-refractivity contribution in [1.29, 1.82) is 0 Å². The minimum atomic E-state index is -0.00883.